The second kappa shape index (κ2) is 6.96. The molecule has 0 aliphatic heterocycles. The van der Waals surface area contributed by atoms with E-state index in [9.17, 15) is 0 Å². The molecule has 4 nitrogen and oxygen atoms in total. The smallest absolute Gasteiger partial charge is 0.145 e. The van der Waals surface area contributed by atoms with Gasteiger partial charge in [0.25, 0.3) is 0 Å². The van der Waals surface area contributed by atoms with E-state index in [1.807, 2.05) is 18.2 Å². The zero-order valence-electron chi connectivity index (χ0n) is 14.0. The lowest BCUT2D eigenvalue weighted by atomic mass is 9.95. The van der Waals surface area contributed by atoms with Gasteiger partial charge in [0.15, 0.2) is 0 Å². The van der Waals surface area contributed by atoms with Gasteiger partial charge in [-0.2, -0.15) is 0 Å². The second-order valence-electron chi connectivity index (χ2n) is 6.45. The Labute approximate surface area is 160 Å². The summed E-state index contributed by atoms with van der Waals surface area (Å²) in [6.07, 6.45) is 9.95. The van der Waals surface area contributed by atoms with Gasteiger partial charge in [0.2, 0.25) is 0 Å². The van der Waals surface area contributed by atoms with Crippen molar-refractivity contribution in [2.75, 3.05) is 7.11 Å². The van der Waals surface area contributed by atoms with Crippen molar-refractivity contribution in [1.29, 1.82) is 0 Å². The standard InChI is InChI=1S/C19H19BrClN3O/c1-25-13-7-8-16(20)14(9-13)15-10-24(12-5-3-2-4-6-12)19-17(15)18(21)22-11-23-19/h7-12H,2-6H2,1H3. The first-order chi connectivity index (χ1) is 12.2. The number of ether oxygens (including phenoxy) is 1. The van der Waals surface area contributed by atoms with Crippen molar-refractivity contribution in [2.24, 2.45) is 0 Å². The summed E-state index contributed by atoms with van der Waals surface area (Å²) >= 11 is 10.1. The summed E-state index contributed by atoms with van der Waals surface area (Å²) in [6, 6.07) is 6.43. The molecule has 0 saturated heterocycles. The van der Waals surface area contributed by atoms with Gasteiger partial charge in [-0.05, 0) is 31.0 Å². The molecule has 2 heterocycles. The Hall–Kier alpha value is -1.59. The average molecular weight is 421 g/mol. The Morgan fingerprint density at radius 3 is 2.72 bits per heavy atom. The molecule has 25 heavy (non-hydrogen) atoms. The summed E-state index contributed by atoms with van der Waals surface area (Å²) in [4.78, 5) is 8.78. The van der Waals surface area contributed by atoms with Crippen molar-refractivity contribution in [3.8, 4) is 16.9 Å². The minimum absolute atomic E-state index is 0.473. The Kier molecular flexibility index (Phi) is 4.69. The van der Waals surface area contributed by atoms with E-state index in [2.05, 4.69) is 36.7 Å². The van der Waals surface area contributed by atoms with E-state index in [1.165, 1.54) is 32.1 Å². The summed E-state index contributed by atoms with van der Waals surface area (Å²) < 4.78 is 8.70. The van der Waals surface area contributed by atoms with Crippen molar-refractivity contribution >= 4 is 38.6 Å². The zero-order valence-corrected chi connectivity index (χ0v) is 16.3. The van der Waals surface area contributed by atoms with E-state index in [1.54, 1.807) is 13.4 Å². The molecule has 1 saturated carbocycles. The molecule has 130 valence electrons. The molecule has 0 spiro atoms. The quantitative estimate of drug-likeness (QED) is 0.486. The fourth-order valence-corrected chi connectivity index (χ4v) is 4.42. The number of rotatable bonds is 3. The highest BCUT2D eigenvalue weighted by atomic mass is 79.9. The lowest BCUT2D eigenvalue weighted by molar-refractivity contribution is 0.360. The predicted octanol–water partition coefficient (Wildman–Crippen LogP) is 6.03. The van der Waals surface area contributed by atoms with Crippen molar-refractivity contribution in [3.63, 3.8) is 0 Å². The van der Waals surface area contributed by atoms with Gasteiger partial charge in [0.1, 0.15) is 22.9 Å². The summed E-state index contributed by atoms with van der Waals surface area (Å²) in [6.45, 7) is 0. The number of methoxy groups -OCH3 is 1. The first-order valence-corrected chi connectivity index (χ1v) is 9.71. The number of benzene rings is 1. The molecule has 2 aromatic heterocycles. The van der Waals surface area contributed by atoms with Crippen molar-refractivity contribution < 1.29 is 4.74 Å². The third-order valence-corrected chi connectivity index (χ3v) is 5.97. The molecular weight excluding hydrogens is 402 g/mol. The lowest BCUT2D eigenvalue weighted by Crippen LogP contribution is -2.12. The van der Waals surface area contributed by atoms with Crippen LogP contribution in [0.25, 0.3) is 22.2 Å². The van der Waals surface area contributed by atoms with Crippen LogP contribution in [0, 0.1) is 0 Å². The highest BCUT2D eigenvalue weighted by Gasteiger charge is 2.23. The molecule has 3 aromatic rings. The summed E-state index contributed by atoms with van der Waals surface area (Å²) in [5, 5.41) is 1.40. The number of nitrogens with zero attached hydrogens (tertiary/aromatic N) is 3. The third-order valence-electron chi connectivity index (χ3n) is 4.99. The summed E-state index contributed by atoms with van der Waals surface area (Å²) in [7, 11) is 1.68. The minimum Gasteiger partial charge on any atom is -0.497 e. The highest BCUT2D eigenvalue weighted by Crippen LogP contribution is 2.41. The first kappa shape index (κ1) is 16.9. The molecule has 1 aromatic carbocycles. The van der Waals surface area contributed by atoms with Gasteiger partial charge in [-0.1, -0.05) is 46.8 Å². The van der Waals surface area contributed by atoms with E-state index in [0.29, 0.717) is 11.2 Å². The minimum atomic E-state index is 0.473. The molecule has 6 heteroatoms. The van der Waals surface area contributed by atoms with Crippen molar-refractivity contribution in [3.05, 3.63) is 40.3 Å². The van der Waals surface area contributed by atoms with Gasteiger partial charge in [-0.15, -0.1) is 0 Å². The number of hydrogen-bond acceptors (Lipinski definition) is 3. The van der Waals surface area contributed by atoms with E-state index in [0.717, 1.165) is 32.4 Å². The second-order valence-corrected chi connectivity index (χ2v) is 7.66. The number of fused-ring (bicyclic) bond motifs is 1. The topological polar surface area (TPSA) is 39.9 Å². The normalized spacial score (nSPS) is 15.6. The van der Waals surface area contributed by atoms with Gasteiger partial charge in [0.05, 0.1) is 12.5 Å². The number of hydrogen-bond donors (Lipinski definition) is 0. The maximum atomic E-state index is 6.48. The molecule has 0 amide bonds. The Morgan fingerprint density at radius 1 is 1.16 bits per heavy atom. The Morgan fingerprint density at radius 2 is 1.96 bits per heavy atom. The van der Waals surface area contributed by atoms with E-state index < -0.39 is 0 Å². The molecule has 1 aliphatic carbocycles. The molecule has 0 N–H and O–H groups in total. The third kappa shape index (κ3) is 3.04. The van der Waals surface area contributed by atoms with Crippen LogP contribution < -0.4 is 4.74 Å². The van der Waals surface area contributed by atoms with Gasteiger partial charge in [0, 0.05) is 27.8 Å². The van der Waals surface area contributed by atoms with Crippen LogP contribution >= 0.6 is 27.5 Å². The van der Waals surface area contributed by atoms with Crippen molar-refractivity contribution in [2.45, 2.75) is 38.1 Å². The molecule has 0 unspecified atom stereocenters. The molecule has 0 radical (unpaired) electrons. The van der Waals surface area contributed by atoms with Crippen LogP contribution in [0.5, 0.6) is 5.75 Å². The molecule has 4 rings (SSSR count). The fraction of sp³-hybridized carbons (Fsp3) is 0.368. The van der Waals surface area contributed by atoms with Crippen LogP contribution in [0.15, 0.2) is 35.2 Å². The lowest BCUT2D eigenvalue weighted by Gasteiger charge is -2.23. The number of halogens is 2. The molecule has 1 aliphatic rings. The van der Waals surface area contributed by atoms with Gasteiger partial charge in [-0.3, -0.25) is 0 Å². The highest BCUT2D eigenvalue weighted by molar-refractivity contribution is 9.10. The SMILES string of the molecule is COc1ccc(Br)c(-c2cn(C3CCCCC3)c3ncnc(Cl)c23)c1. The molecule has 0 bridgehead atoms. The van der Waals surface area contributed by atoms with Crippen LogP contribution in [0.1, 0.15) is 38.1 Å². The maximum absolute atomic E-state index is 6.48. The van der Waals surface area contributed by atoms with Gasteiger partial charge >= 0.3 is 0 Å². The fourth-order valence-electron chi connectivity index (χ4n) is 3.73. The Bertz CT molecular complexity index is 918. The summed E-state index contributed by atoms with van der Waals surface area (Å²) in [5.41, 5.74) is 2.99. The average Bonchev–Trinajstić information content (AvgIpc) is 3.04. The van der Waals surface area contributed by atoms with E-state index in [-0.39, 0.29) is 0 Å². The van der Waals surface area contributed by atoms with Crippen LogP contribution in [0.2, 0.25) is 5.15 Å². The zero-order chi connectivity index (χ0) is 17.4. The monoisotopic (exact) mass is 419 g/mol. The Balaban J connectivity index is 1.95. The number of aromatic nitrogens is 3. The van der Waals surface area contributed by atoms with Gasteiger partial charge in [-0.25, -0.2) is 9.97 Å². The molecule has 1 fully saturated rings. The van der Waals surface area contributed by atoms with E-state index in [4.69, 9.17) is 16.3 Å². The van der Waals surface area contributed by atoms with Gasteiger partial charge < -0.3 is 9.30 Å². The molecule has 0 atom stereocenters. The largest absolute Gasteiger partial charge is 0.497 e. The predicted molar refractivity (Wildman–Crippen MR) is 104 cm³/mol. The van der Waals surface area contributed by atoms with Crippen molar-refractivity contribution in [1.82, 2.24) is 14.5 Å². The molecular formula is C19H19BrClN3O. The maximum Gasteiger partial charge on any atom is 0.145 e. The van der Waals surface area contributed by atoms with Crippen LogP contribution in [-0.2, 0) is 0 Å². The first-order valence-electron chi connectivity index (χ1n) is 8.54. The van der Waals surface area contributed by atoms with Crippen LogP contribution in [0.3, 0.4) is 0 Å². The van der Waals surface area contributed by atoms with E-state index >= 15 is 0 Å². The van der Waals surface area contributed by atoms with Crippen LogP contribution in [-0.4, -0.2) is 21.6 Å². The summed E-state index contributed by atoms with van der Waals surface area (Å²) in [5.74, 6) is 0.810. The van der Waals surface area contributed by atoms with Crippen LogP contribution in [0.4, 0.5) is 0 Å².